The number of nitriles is 1. The van der Waals surface area contributed by atoms with Crippen LogP contribution in [0.3, 0.4) is 0 Å². The smallest absolute Gasteiger partial charge is 0.243 e. The molecule has 0 bridgehead atoms. The minimum Gasteiger partial charge on any atom is -0.244 e. The summed E-state index contributed by atoms with van der Waals surface area (Å²) in [6.07, 6.45) is 3.21. The second kappa shape index (κ2) is 6.64. The van der Waals surface area contributed by atoms with Crippen LogP contribution in [0, 0.1) is 17.2 Å². The van der Waals surface area contributed by atoms with Crippen LogP contribution in [0.2, 0.25) is 0 Å². The van der Waals surface area contributed by atoms with E-state index in [2.05, 4.69) is 9.71 Å². The van der Waals surface area contributed by atoms with Crippen LogP contribution in [0.4, 0.5) is 0 Å². The summed E-state index contributed by atoms with van der Waals surface area (Å²) in [6.45, 7) is 5.91. The summed E-state index contributed by atoms with van der Waals surface area (Å²) < 4.78 is 27.1. The maximum absolute atomic E-state index is 12.3. The summed E-state index contributed by atoms with van der Waals surface area (Å²) in [5.41, 5.74) is -0.0771. The van der Waals surface area contributed by atoms with Crippen molar-refractivity contribution >= 4 is 10.0 Å². The van der Waals surface area contributed by atoms with E-state index < -0.39 is 10.0 Å². The van der Waals surface area contributed by atoms with Crippen LogP contribution in [-0.2, 0) is 10.0 Å². The number of nitrogens with zero attached hydrogens (tertiary/aromatic N) is 2. The molecule has 0 amide bonds. The summed E-state index contributed by atoms with van der Waals surface area (Å²) in [7, 11) is -3.70. The van der Waals surface area contributed by atoms with Crippen molar-refractivity contribution in [1.82, 2.24) is 9.71 Å². The van der Waals surface area contributed by atoms with Gasteiger partial charge in [0.25, 0.3) is 0 Å². The number of pyridine rings is 1. The molecule has 5 nitrogen and oxygen atoms in total. The van der Waals surface area contributed by atoms with Crippen LogP contribution in [0.1, 0.15) is 39.3 Å². The first-order chi connectivity index (χ1) is 8.96. The maximum Gasteiger partial charge on any atom is 0.243 e. The Morgan fingerprint density at radius 2 is 2.05 bits per heavy atom. The third-order valence-corrected chi connectivity index (χ3v) is 4.85. The van der Waals surface area contributed by atoms with Gasteiger partial charge in [0, 0.05) is 12.2 Å². The summed E-state index contributed by atoms with van der Waals surface area (Å²) in [4.78, 5) is 3.72. The lowest BCUT2D eigenvalue weighted by atomic mass is 9.96. The average molecular weight is 281 g/mol. The zero-order valence-electron chi connectivity index (χ0n) is 11.4. The summed E-state index contributed by atoms with van der Waals surface area (Å²) in [5, 5.41) is 8.91. The molecule has 0 aliphatic rings. The fourth-order valence-electron chi connectivity index (χ4n) is 2.09. The van der Waals surface area contributed by atoms with Gasteiger partial charge in [0.15, 0.2) is 5.69 Å². The van der Waals surface area contributed by atoms with Crippen molar-refractivity contribution in [3.8, 4) is 6.07 Å². The molecule has 6 heteroatoms. The van der Waals surface area contributed by atoms with E-state index in [9.17, 15) is 8.42 Å². The van der Waals surface area contributed by atoms with E-state index in [-0.39, 0.29) is 22.5 Å². The van der Waals surface area contributed by atoms with Gasteiger partial charge in [-0.2, -0.15) is 5.26 Å². The van der Waals surface area contributed by atoms with Crippen LogP contribution in [0.5, 0.6) is 0 Å². The quantitative estimate of drug-likeness (QED) is 0.865. The fraction of sp³-hybridized carbons (Fsp3) is 0.538. The molecule has 19 heavy (non-hydrogen) atoms. The summed E-state index contributed by atoms with van der Waals surface area (Å²) in [6, 6.07) is 4.53. The highest BCUT2D eigenvalue weighted by Crippen LogP contribution is 2.17. The van der Waals surface area contributed by atoms with Crippen LogP contribution in [-0.4, -0.2) is 19.4 Å². The Hall–Kier alpha value is -1.45. The van der Waals surface area contributed by atoms with Gasteiger partial charge in [-0.05, 0) is 25.0 Å². The number of aromatic nitrogens is 1. The van der Waals surface area contributed by atoms with Gasteiger partial charge in [0.1, 0.15) is 11.0 Å². The largest absolute Gasteiger partial charge is 0.244 e. The Morgan fingerprint density at radius 3 is 2.58 bits per heavy atom. The molecule has 0 saturated carbocycles. The number of hydrogen-bond acceptors (Lipinski definition) is 4. The molecule has 104 valence electrons. The Morgan fingerprint density at radius 1 is 1.42 bits per heavy atom. The van der Waals surface area contributed by atoms with Crippen molar-refractivity contribution in [2.24, 2.45) is 5.92 Å². The minimum absolute atomic E-state index is 0.0599. The van der Waals surface area contributed by atoms with Crippen molar-refractivity contribution in [3.63, 3.8) is 0 Å². The molecular weight excluding hydrogens is 262 g/mol. The van der Waals surface area contributed by atoms with Crippen molar-refractivity contribution in [2.75, 3.05) is 0 Å². The third-order valence-electron chi connectivity index (χ3n) is 3.26. The van der Waals surface area contributed by atoms with E-state index in [4.69, 9.17) is 5.26 Å². The van der Waals surface area contributed by atoms with E-state index in [0.717, 1.165) is 12.8 Å². The van der Waals surface area contributed by atoms with Crippen LogP contribution in [0.25, 0.3) is 0 Å². The molecule has 1 aromatic heterocycles. The van der Waals surface area contributed by atoms with Gasteiger partial charge in [-0.25, -0.2) is 18.1 Å². The van der Waals surface area contributed by atoms with Crippen molar-refractivity contribution in [1.29, 1.82) is 5.26 Å². The van der Waals surface area contributed by atoms with E-state index in [1.807, 2.05) is 20.8 Å². The lowest BCUT2D eigenvalue weighted by Gasteiger charge is -2.22. The van der Waals surface area contributed by atoms with Crippen molar-refractivity contribution in [3.05, 3.63) is 24.0 Å². The maximum atomic E-state index is 12.3. The topological polar surface area (TPSA) is 82.8 Å². The molecule has 0 aliphatic heterocycles. The monoisotopic (exact) mass is 281 g/mol. The molecule has 1 unspecified atom stereocenters. The highest BCUT2D eigenvalue weighted by molar-refractivity contribution is 7.89. The number of hydrogen-bond donors (Lipinski definition) is 1. The molecular formula is C13H19N3O2S. The van der Waals surface area contributed by atoms with Gasteiger partial charge in [-0.15, -0.1) is 0 Å². The first-order valence-electron chi connectivity index (χ1n) is 6.33. The summed E-state index contributed by atoms with van der Waals surface area (Å²) >= 11 is 0. The Kier molecular flexibility index (Phi) is 5.45. The molecule has 0 aliphatic carbocycles. The van der Waals surface area contributed by atoms with Crippen molar-refractivity contribution in [2.45, 2.75) is 44.6 Å². The predicted molar refractivity (Wildman–Crippen MR) is 72.8 cm³/mol. The van der Waals surface area contributed by atoms with Crippen LogP contribution in [0.15, 0.2) is 23.2 Å². The zero-order chi connectivity index (χ0) is 14.5. The van der Waals surface area contributed by atoms with E-state index >= 15 is 0 Å². The SMILES string of the molecule is CCC(CC)C(C)NS(=O)(=O)c1cccnc1C#N. The molecule has 1 N–H and O–H groups in total. The lowest BCUT2D eigenvalue weighted by molar-refractivity contribution is 0.390. The molecule has 0 fully saturated rings. The van der Waals surface area contributed by atoms with Gasteiger partial charge in [-0.3, -0.25) is 0 Å². The highest BCUT2D eigenvalue weighted by atomic mass is 32.2. The van der Waals surface area contributed by atoms with Gasteiger partial charge < -0.3 is 0 Å². The van der Waals surface area contributed by atoms with Gasteiger partial charge in [0.2, 0.25) is 10.0 Å². The highest BCUT2D eigenvalue weighted by Gasteiger charge is 2.24. The zero-order valence-corrected chi connectivity index (χ0v) is 12.2. The predicted octanol–water partition coefficient (Wildman–Crippen LogP) is 2.06. The first kappa shape index (κ1) is 15.6. The van der Waals surface area contributed by atoms with Crippen LogP contribution < -0.4 is 4.72 Å². The third kappa shape index (κ3) is 3.75. The van der Waals surface area contributed by atoms with Crippen molar-refractivity contribution < 1.29 is 8.42 Å². The molecule has 1 heterocycles. The van der Waals surface area contributed by atoms with Crippen LogP contribution >= 0.6 is 0 Å². The van der Waals surface area contributed by atoms with E-state index in [1.54, 1.807) is 6.07 Å². The first-order valence-corrected chi connectivity index (χ1v) is 7.82. The number of nitrogens with one attached hydrogen (secondary N) is 1. The summed E-state index contributed by atoms with van der Waals surface area (Å²) in [5.74, 6) is 0.275. The standard InChI is InChI=1S/C13H19N3O2S/c1-4-11(5-2)10(3)16-19(17,18)13-7-6-8-15-12(13)9-14/h6-8,10-11,16H,4-5H2,1-3H3. The Labute approximate surface area is 114 Å². The number of sulfonamides is 1. The molecule has 1 rings (SSSR count). The number of rotatable bonds is 6. The molecule has 0 aromatic carbocycles. The average Bonchev–Trinajstić information content (AvgIpc) is 2.39. The fourth-order valence-corrected chi connectivity index (χ4v) is 3.51. The van der Waals surface area contributed by atoms with E-state index in [0.29, 0.717) is 0 Å². The Bertz CT molecular complexity index is 559. The Balaban J connectivity index is 3.03. The molecule has 0 spiro atoms. The minimum atomic E-state index is -3.70. The molecule has 1 atom stereocenters. The second-order valence-corrected chi connectivity index (χ2v) is 6.13. The van der Waals surface area contributed by atoms with E-state index in [1.165, 1.54) is 18.3 Å². The molecule has 0 radical (unpaired) electrons. The van der Waals surface area contributed by atoms with Gasteiger partial charge in [-0.1, -0.05) is 26.7 Å². The second-order valence-electron chi connectivity index (χ2n) is 4.45. The lowest BCUT2D eigenvalue weighted by Crippen LogP contribution is -2.38. The normalized spacial score (nSPS) is 13.2. The molecule has 0 saturated heterocycles. The van der Waals surface area contributed by atoms with Gasteiger partial charge >= 0.3 is 0 Å². The van der Waals surface area contributed by atoms with Gasteiger partial charge in [0.05, 0.1) is 0 Å². The molecule has 1 aromatic rings.